The number of piperazine rings is 1. The molecule has 0 spiro atoms. The van der Waals surface area contributed by atoms with Crippen LogP contribution in [0.3, 0.4) is 0 Å². The molecule has 1 heterocycles. The van der Waals surface area contributed by atoms with Gasteiger partial charge in [-0.15, -0.1) is 0 Å². The number of ketones is 1. The summed E-state index contributed by atoms with van der Waals surface area (Å²) < 4.78 is 5.35. The van der Waals surface area contributed by atoms with E-state index < -0.39 is 6.04 Å². The van der Waals surface area contributed by atoms with Crippen LogP contribution in [0.1, 0.15) is 15.9 Å². The Kier molecular flexibility index (Phi) is 5.23. The van der Waals surface area contributed by atoms with Crippen LogP contribution in [0.25, 0.3) is 0 Å². The third kappa shape index (κ3) is 4.00. The second kappa shape index (κ2) is 7.75. The molecule has 2 aromatic rings. The first-order valence-corrected chi connectivity index (χ1v) is 8.02. The van der Waals surface area contributed by atoms with Gasteiger partial charge in [-0.2, -0.15) is 0 Å². The van der Waals surface area contributed by atoms with Crippen LogP contribution < -0.4 is 5.32 Å². The summed E-state index contributed by atoms with van der Waals surface area (Å²) in [6.07, 6.45) is -0.383. The molecule has 24 heavy (non-hydrogen) atoms. The lowest BCUT2D eigenvalue weighted by Gasteiger charge is -2.32. The Labute approximate surface area is 141 Å². The van der Waals surface area contributed by atoms with Crippen molar-refractivity contribution in [2.24, 2.45) is 0 Å². The van der Waals surface area contributed by atoms with Crippen molar-refractivity contribution in [3.8, 4) is 0 Å². The van der Waals surface area contributed by atoms with E-state index in [0.717, 1.165) is 5.56 Å². The van der Waals surface area contributed by atoms with E-state index in [1.54, 1.807) is 17.0 Å². The number of ether oxygens (including phenoxy) is 1. The van der Waals surface area contributed by atoms with Crippen molar-refractivity contribution >= 4 is 11.9 Å². The fourth-order valence-electron chi connectivity index (χ4n) is 2.71. The lowest BCUT2D eigenvalue weighted by Crippen LogP contribution is -2.55. The predicted octanol–water partition coefficient (Wildman–Crippen LogP) is 2.48. The first-order valence-electron chi connectivity index (χ1n) is 8.02. The van der Waals surface area contributed by atoms with Crippen molar-refractivity contribution in [3.05, 3.63) is 71.8 Å². The van der Waals surface area contributed by atoms with Crippen molar-refractivity contribution in [3.63, 3.8) is 0 Å². The Hall–Kier alpha value is -2.66. The quantitative estimate of drug-likeness (QED) is 0.878. The van der Waals surface area contributed by atoms with Gasteiger partial charge in [0, 0.05) is 25.2 Å². The molecule has 0 saturated carbocycles. The maximum absolute atomic E-state index is 12.5. The van der Waals surface area contributed by atoms with E-state index in [1.807, 2.05) is 48.5 Å². The van der Waals surface area contributed by atoms with E-state index in [4.69, 9.17) is 4.74 Å². The zero-order valence-corrected chi connectivity index (χ0v) is 13.4. The Bertz CT molecular complexity index is 688. The molecule has 5 nitrogen and oxygen atoms in total. The van der Waals surface area contributed by atoms with Crippen LogP contribution >= 0.6 is 0 Å². The Morgan fingerprint density at radius 2 is 1.71 bits per heavy atom. The normalized spacial score (nSPS) is 17.3. The molecule has 0 aromatic heterocycles. The van der Waals surface area contributed by atoms with Crippen LogP contribution in [-0.4, -0.2) is 42.5 Å². The highest BCUT2D eigenvalue weighted by molar-refractivity contribution is 6.00. The third-order valence-corrected chi connectivity index (χ3v) is 4.01. The predicted molar refractivity (Wildman–Crippen MR) is 90.8 cm³/mol. The van der Waals surface area contributed by atoms with Gasteiger partial charge in [-0.3, -0.25) is 4.79 Å². The maximum atomic E-state index is 12.5. The average Bonchev–Trinajstić information content (AvgIpc) is 2.67. The Morgan fingerprint density at radius 1 is 1.04 bits per heavy atom. The molecule has 2 aromatic carbocycles. The van der Waals surface area contributed by atoms with Gasteiger partial charge in [0.2, 0.25) is 0 Å². The summed E-state index contributed by atoms with van der Waals surface area (Å²) in [6.45, 7) is 1.66. The van der Waals surface area contributed by atoms with Crippen molar-refractivity contribution in [2.45, 2.75) is 12.6 Å². The lowest BCUT2D eigenvalue weighted by molar-refractivity contribution is 0.0753. The zero-order chi connectivity index (χ0) is 16.8. The van der Waals surface area contributed by atoms with Gasteiger partial charge in [-0.05, 0) is 5.56 Å². The van der Waals surface area contributed by atoms with Gasteiger partial charge in [0.15, 0.2) is 5.78 Å². The van der Waals surface area contributed by atoms with Crippen LogP contribution in [0.2, 0.25) is 0 Å². The molecule has 5 heteroatoms. The minimum Gasteiger partial charge on any atom is -0.445 e. The second-order valence-electron chi connectivity index (χ2n) is 5.72. The Balaban J connectivity index is 1.57. The van der Waals surface area contributed by atoms with Crippen molar-refractivity contribution in [1.82, 2.24) is 10.2 Å². The number of Topliss-reactive ketones (excluding diaryl/α,β-unsaturated/α-hetero) is 1. The minimum absolute atomic E-state index is 0.00356. The molecule has 0 radical (unpaired) electrons. The number of hydrogen-bond donors (Lipinski definition) is 1. The van der Waals surface area contributed by atoms with Gasteiger partial charge in [0.25, 0.3) is 0 Å². The molecule has 0 aliphatic carbocycles. The van der Waals surface area contributed by atoms with Crippen LogP contribution in [0.4, 0.5) is 4.79 Å². The topological polar surface area (TPSA) is 58.6 Å². The highest BCUT2D eigenvalue weighted by Crippen LogP contribution is 2.10. The zero-order valence-electron chi connectivity index (χ0n) is 13.4. The van der Waals surface area contributed by atoms with Gasteiger partial charge >= 0.3 is 6.09 Å². The van der Waals surface area contributed by atoms with E-state index in [2.05, 4.69) is 5.32 Å². The maximum Gasteiger partial charge on any atom is 0.410 e. The molecule has 1 atom stereocenters. The summed E-state index contributed by atoms with van der Waals surface area (Å²) in [5.41, 5.74) is 1.59. The van der Waals surface area contributed by atoms with Crippen LogP contribution in [0, 0.1) is 0 Å². The van der Waals surface area contributed by atoms with Crippen LogP contribution in [0.15, 0.2) is 60.7 Å². The summed E-state index contributed by atoms with van der Waals surface area (Å²) in [5, 5.41) is 3.18. The minimum atomic E-state index is -0.398. The summed E-state index contributed by atoms with van der Waals surface area (Å²) in [5.74, 6) is -0.00356. The van der Waals surface area contributed by atoms with Crippen molar-refractivity contribution in [2.75, 3.05) is 19.6 Å². The van der Waals surface area contributed by atoms with Crippen molar-refractivity contribution < 1.29 is 14.3 Å². The fourth-order valence-corrected chi connectivity index (χ4v) is 2.71. The summed E-state index contributed by atoms with van der Waals surface area (Å²) >= 11 is 0. The second-order valence-corrected chi connectivity index (χ2v) is 5.72. The van der Waals surface area contributed by atoms with E-state index >= 15 is 0 Å². The smallest absolute Gasteiger partial charge is 0.410 e. The van der Waals surface area contributed by atoms with Gasteiger partial charge < -0.3 is 15.0 Å². The van der Waals surface area contributed by atoms with Crippen molar-refractivity contribution in [1.29, 1.82) is 0 Å². The molecule has 1 amide bonds. The van der Waals surface area contributed by atoms with Crippen LogP contribution in [-0.2, 0) is 11.3 Å². The van der Waals surface area contributed by atoms with E-state index in [-0.39, 0.29) is 18.5 Å². The summed E-state index contributed by atoms with van der Waals surface area (Å²) in [4.78, 5) is 26.3. The summed E-state index contributed by atoms with van der Waals surface area (Å²) in [6, 6.07) is 18.3. The number of amides is 1. The molecular formula is C19H20N2O3. The molecule has 0 bridgehead atoms. The van der Waals surface area contributed by atoms with E-state index in [1.165, 1.54) is 0 Å². The summed E-state index contributed by atoms with van der Waals surface area (Å²) in [7, 11) is 0. The van der Waals surface area contributed by atoms with Gasteiger partial charge in [0.05, 0.1) is 6.04 Å². The number of carbonyl (C=O) groups excluding carboxylic acids is 2. The molecule has 1 N–H and O–H groups in total. The molecular weight excluding hydrogens is 304 g/mol. The molecule has 1 saturated heterocycles. The standard InChI is InChI=1S/C19H20N2O3/c22-18(16-9-5-2-6-10-16)17-13-21(12-11-20-17)19(23)24-14-15-7-3-1-4-8-15/h1-10,17,20H,11-14H2. The Morgan fingerprint density at radius 3 is 2.42 bits per heavy atom. The molecule has 1 unspecified atom stereocenters. The number of rotatable bonds is 4. The molecule has 1 fully saturated rings. The van der Waals surface area contributed by atoms with Gasteiger partial charge in [-0.25, -0.2) is 4.79 Å². The van der Waals surface area contributed by atoms with E-state index in [0.29, 0.717) is 25.2 Å². The molecule has 124 valence electrons. The highest BCUT2D eigenvalue weighted by Gasteiger charge is 2.29. The first kappa shape index (κ1) is 16.2. The number of hydrogen-bond acceptors (Lipinski definition) is 4. The third-order valence-electron chi connectivity index (χ3n) is 4.01. The fraction of sp³-hybridized carbons (Fsp3) is 0.263. The monoisotopic (exact) mass is 324 g/mol. The number of benzene rings is 2. The largest absolute Gasteiger partial charge is 0.445 e. The lowest BCUT2D eigenvalue weighted by atomic mass is 10.0. The van der Waals surface area contributed by atoms with Gasteiger partial charge in [0.1, 0.15) is 6.61 Å². The molecule has 1 aliphatic heterocycles. The van der Waals surface area contributed by atoms with E-state index in [9.17, 15) is 9.59 Å². The number of nitrogens with zero attached hydrogens (tertiary/aromatic N) is 1. The van der Waals surface area contributed by atoms with Crippen LogP contribution in [0.5, 0.6) is 0 Å². The number of carbonyl (C=O) groups is 2. The SMILES string of the molecule is O=C(c1ccccc1)C1CN(C(=O)OCc2ccccc2)CCN1. The highest BCUT2D eigenvalue weighted by atomic mass is 16.6. The first-order chi connectivity index (χ1) is 11.7. The molecule has 3 rings (SSSR count). The number of nitrogens with one attached hydrogen (secondary N) is 1. The molecule has 1 aliphatic rings. The average molecular weight is 324 g/mol. The van der Waals surface area contributed by atoms with Gasteiger partial charge in [-0.1, -0.05) is 60.7 Å².